The van der Waals surface area contributed by atoms with Crippen LogP contribution in [0.15, 0.2) is 0 Å². The van der Waals surface area contributed by atoms with Gasteiger partial charge in [0.2, 0.25) is 0 Å². The predicted octanol–water partition coefficient (Wildman–Crippen LogP) is 0.193. The summed E-state index contributed by atoms with van der Waals surface area (Å²) in [5.41, 5.74) is 0. The van der Waals surface area contributed by atoms with Crippen LogP contribution in [0.1, 0.15) is 12.8 Å². The fraction of sp³-hybridized carbons (Fsp3) is 0.875. The largest absolute Gasteiger partial charge is 0.453 e. The molecule has 0 saturated carbocycles. The predicted molar refractivity (Wildman–Crippen MR) is 52.9 cm³/mol. The Morgan fingerprint density at radius 3 is 2.27 bits per heavy atom. The number of piperidine rings is 1. The number of carbonyl (C=O) groups is 1. The molecule has 0 spiro atoms. The first-order chi connectivity index (χ1) is 6.92. The van der Waals surface area contributed by atoms with E-state index in [1.807, 2.05) is 0 Å². The first kappa shape index (κ1) is 12.3. The van der Waals surface area contributed by atoms with Crippen molar-refractivity contribution in [2.75, 3.05) is 26.5 Å². The Morgan fingerprint density at radius 2 is 1.87 bits per heavy atom. The van der Waals surface area contributed by atoms with E-state index in [1.54, 1.807) is 0 Å². The average Bonchev–Trinajstić information content (AvgIpc) is 2.15. The molecule has 1 rings (SSSR count). The van der Waals surface area contributed by atoms with Gasteiger partial charge in [-0.3, -0.25) is 4.18 Å². The Bertz CT molecular complexity index is 318. The van der Waals surface area contributed by atoms with E-state index in [9.17, 15) is 13.2 Å². The number of hydrogen-bond donors (Lipinski definition) is 0. The topological polar surface area (TPSA) is 72.9 Å². The molecule has 1 aliphatic heterocycles. The minimum atomic E-state index is -3.40. The first-order valence-electron chi connectivity index (χ1n) is 4.63. The minimum Gasteiger partial charge on any atom is -0.453 e. The molecule has 0 unspecified atom stereocenters. The quantitative estimate of drug-likeness (QED) is 0.641. The fourth-order valence-electron chi connectivity index (χ4n) is 1.51. The summed E-state index contributed by atoms with van der Waals surface area (Å²) in [6, 6.07) is 0. The third kappa shape index (κ3) is 4.05. The molecule has 0 N–H and O–H groups in total. The lowest BCUT2D eigenvalue weighted by Gasteiger charge is -2.29. The van der Waals surface area contributed by atoms with Crippen molar-refractivity contribution in [1.82, 2.24) is 4.90 Å². The Hall–Kier alpha value is -0.820. The van der Waals surface area contributed by atoms with Gasteiger partial charge in [-0.1, -0.05) is 0 Å². The lowest BCUT2D eigenvalue weighted by atomic mass is 10.1. The van der Waals surface area contributed by atoms with Crippen LogP contribution >= 0.6 is 0 Å². The van der Waals surface area contributed by atoms with Gasteiger partial charge in [-0.15, -0.1) is 0 Å². The molecule has 1 heterocycles. The molecule has 1 fully saturated rings. The van der Waals surface area contributed by atoms with Gasteiger partial charge in [0.05, 0.1) is 19.5 Å². The molecule has 1 amide bonds. The van der Waals surface area contributed by atoms with E-state index in [0.717, 1.165) is 6.26 Å². The third-order valence-electron chi connectivity index (χ3n) is 2.19. The summed E-state index contributed by atoms with van der Waals surface area (Å²) in [7, 11) is -2.08. The summed E-state index contributed by atoms with van der Waals surface area (Å²) in [4.78, 5) is 12.6. The zero-order valence-electron chi connectivity index (χ0n) is 8.80. The highest BCUT2D eigenvalue weighted by Gasteiger charge is 2.25. The van der Waals surface area contributed by atoms with Crippen LogP contribution < -0.4 is 0 Å². The van der Waals surface area contributed by atoms with E-state index in [4.69, 9.17) is 4.18 Å². The van der Waals surface area contributed by atoms with Crippen LogP contribution in [-0.2, 0) is 19.0 Å². The Kier molecular flexibility index (Phi) is 3.92. The van der Waals surface area contributed by atoms with E-state index in [2.05, 4.69) is 4.74 Å². The molecule has 15 heavy (non-hydrogen) atoms. The second-order valence-electron chi connectivity index (χ2n) is 3.46. The van der Waals surface area contributed by atoms with Crippen LogP contribution in [0.4, 0.5) is 4.79 Å². The number of rotatable bonds is 2. The maximum atomic E-state index is 11.1. The van der Waals surface area contributed by atoms with E-state index in [1.165, 1.54) is 12.0 Å². The summed E-state index contributed by atoms with van der Waals surface area (Å²) < 4.78 is 31.1. The molecule has 0 atom stereocenters. The molecule has 0 radical (unpaired) electrons. The monoisotopic (exact) mass is 237 g/mol. The summed E-state index contributed by atoms with van der Waals surface area (Å²) in [5, 5.41) is 0. The normalized spacial score (nSPS) is 18.9. The van der Waals surface area contributed by atoms with Crippen molar-refractivity contribution in [3.8, 4) is 0 Å². The highest BCUT2D eigenvalue weighted by Crippen LogP contribution is 2.15. The average molecular weight is 237 g/mol. The van der Waals surface area contributed by atoms with Crippen molar-refractivity contribution in [3.63, 3.8) is 0 Å². The summed E-state index contributed by atoms with van der Waals surface area (Å²) >= 11 is 0. The van der Waals surface area contributed by atoms with Crippen LogP contribution in [0.25, 0.3) is 0 Å². The van der Waals surface area contributed by atoms with Gasteiger partial charge in [-0.2, -0.15) is 8.42 Å². The van der Waals surface area contributed by atoms with Gasteiger partial charge >= 0.3 is 6.09 Å². The maximum absolute atomic E-state index is 11.1. The lowest BCUT2D eigenvalue weighted by molar-refractivity contribution is 0.0822. The van der Waals surface area contributed by atoms with Crippen molar-refractivity contribution in [2.24, 2.45) is 0 Å². The van der Waals surface area contributed by atoms with Crippen molar-refractivity contribution in [2.45, 2.75) is 18.9 Å². The van der Waals surface area contributed by atoms with Gasteiger partial charge in [0.1, 0.15) is 0 Å². The van der Waals surface area contributed by atoms with Crippen LogP contribution in [-0.4, -0.2) is 52.0 Å². The second kappa shape index (κ2) is 4.80. The molecule has 0 aromatic carbocycles. The number of methoxy groups -OCH3 is 1. The minimum absolute atomic E-state index is 0.319. The van der Waals surface area contributed by atoms with Gasteiger partial charge in [0.15, 0.2) is 0 Å². The zero-order valence-corrected chi connectivity index (χ0v) is 9.62. The van der Waals surface area contributed by atoms with Gasteiger partial charge in [0, 0.05) is 13.1 Å². The summed E-state index contributed by atoms with van der Waals surface area (Å²) in [6.45, 7) is 0.930. The SMILES string of the molecule is COC(=O)N1CCC(OS(C)(=O)=O)CC1. The van der Waals surface area contributed by atoms with E-state index in [-0.39, 0.29) is 12.2 Å². The highest BCUT2D eigenvalue weighted by atomic mass is 32.2. The van der Waals surface area contributed by atoms with Crippen molar-refractivity contribution >= 4 is 16.2 Å². The molecule has 1 saturated heterocycles. The van der Waals surface area contributed by atoms with E-state index >= 15 is 0 Å². The molecule has 0 bridgehead atoms. The summed E-state index contributed by atoms with van der Waals surface area (Å²) in [6.07, 6.45) is 1.36. The molecule has 88 valence electrons. The third-order valence-corrected chi connectivity index (χ3v) is 2.81. The molecule has 0 aromatic heterocycles. The zero-order chi connectivity index (χ0) is 11.5. The van der Waals surface area contributed by atoms with E-state index in [0.29, 0.717) is 25.9 Å². The van der Waals surface area contributed by atoms with Crippen LogP contribution in [0.5, 0.6) is 0 Å². The van der Waals surface area contributed by atoms with Crippen molar-refractivity contribution in [1.29, 1.82) is 0 Å². The number of hydrogen-bond acceptors (Lipinski definition) is 5. The van der Waals surface area contributed by atoms with Gasteiger partial charge < -0.3 is 9.64 Å². The molecule has 6 nitrogen and oxygen atoms in total. The molecular weight excluding hydrogens is 222 g/mol. The summed E-state index contributed by atoms with van der Waals surface area (Å²) in [5.74, 6) is 0. The molecule has 0 aromatic rings. The molecular formula is C8H15NO5S. The lowest BCUT2D eigenvalue weighted by Crippen LogP contribution is -2.41. The van der Waals surface area contributed by atoms with Gasteiger partial charge in [-0.25, -0.2) is 4.79 Å². The van der Waals surface area contributed by atoms with Crippen LogP contribution in [0.3, 0.4) is 0 Å². The van der Waals surface area contributed by atoms with Crippen LogP contribution in [0, 0.1) is 0 Å². The van der Waals surface area contributed by atoms with Crippen LogP contribution in [0.2, 0.25) is 0 Å². The smallest absolute Gasteiger partial charge is 0.409 e. The highest BCUT2D eigenvalue weighted by molar-refractivity contribution is 7.86. The number of amides is 1. The standard InChI is InChI=1S/C8H15NO5S/c1-13-8(10)9-5-3-7(4-6-9)14-15(2,11)12/h7H,3-6H2,1-2H3. The van der Waals surface area contributed by atoms with Crippen molar-refractivity contribution in [3.05, 3.63) is 0 Å². The van der Waals surface area contributed by atoms with Gasteiger partial charge in [-0.05, 0) is 12.8 Å². The molecule has 0 aliphatic carbocycles. The maximum Gasteiger partial charge on any atom is 0.409 e. The Labute approximate surface area is 89.3 Å². The second-order valence-corrected chi connectivity index (χ2v) is 5.06. The number of ether oxygens (including phenoxy) is 1. The number of likely N-dealkylation sites (tertiary alicyclic amines) is 1. The molecule has 7 heteroatoms. The fourth-order valence-corrected chi connectivity index (χ4v) is 2.20. The Balaban J connectivity index is 2.39. The van der Waals surface area contributed by atoms with Gasteiger partial charge in [0.25, 0.3) is 10.1 Å². The van der Waals surface area contributed by atoms with Crippen molar-refractivity contribution < 1.29 is 22.1 Å². The number of nitrogens with zero attached hydrogens (tertiary/aromatic N) is 1. The van der Waals surface area contributed by atoms with E-state index < -0.39 is 10.1 Å². The number of carbonyl (C=O) groups excluding carboxylic acids is 1. The molecule has 1 aliphatic rings. The Morgan fingerprint density at radius 1 is 1.33 bits per heavy atom. The first-order valence-corrected chi connectivity index (χ1v) is 6.45.